The van der Waals surface area contributed by atoms with Crippen molar-refractivity contribution in [2.75, 3.05) is 0 Å². The van der Waals surface area contributed by atoms with E-state index < -0.39 is 0 Å². The van der Waals surface area contributed by atoms with Crippen molar-refractivity contribution < 1.29 is 8.90 Å². The molecule has 7 aliphatic rings. The number of aromatic nitrogens is 1. The molecule has 5 aliphatic carbocycles. The minimum absolute atomic E-state index is 0.0566. The van der Waals surface area contributed by atoms with Gasteiger partial charge in [-0.3, -0.25) is 0 Å². The molecule has 3 heteroatoms. The number of oxazole rings is 1. The number of benzene rings is 7. The third-order valence-electron chi connectivity index (χ3n) is 18.6. The van der Waals surface area contributed by atoms with Gasteiger partial charge >= 0.3 is 12.7 Å². The molecule has 3 atom stereocenters. The predicted octanol–water partition coefficient (Wildman–Crippen LogP) is 14.0. The molecule has 1 aromatic heterocycles. The average molecular weight is 871 g/mol. The molecule has 7 aromatic carbocycles. The zero-order chi connectivity index (χ0) is 45.0. The Labute approximate surface area is 397 Å². The van der Waals surface area contributed by atoms with Crippen LogP contribution in [0.4, 0.5) is 0 Å². The molecule has 8 aromatic rings. The first kappa shape index (κ1) is 40.2. The first-order chi connectivity index (χ1) is 32.5. The Kier molecular flexibility index (Phi) is 8.57. The van der Waals surface area contributed by atoms with Crippen molar-refractivity contribution in [2.45, 2.75) is 115 Å². The van der Waals surface area contributed by atoms with Crippen LogP contribution in [-0.2, 0) is 29.1 Å². The van der Waals surface area contributed by atoms with Crippen LogP contribution in [0.1, 0.15) is 118 Å². The Hall–Kier alpha value is -5.93. The molecule has 2 aliphatic heterocycles. The minimum atomic E-state index is -0.0603. The molecule has 67 heavy (non-hydrogen) atoms. The largest absolute Gasteiger partial charge is 0.563 e. The second-order valence-corrected chi connectivity index (χ2v) is 23.5. The SMILES string of the molecule is Cc1cc2c3c(c1)-c1cccc4oc(-c5ccccc5-c5ccccc5)[n+](c14)B3c1cc3c(cc1C(Cc1ccc(C45CC6CC(C4)C(C6)C5)cc1-c1ccccc1)C2)C(C)(C)CCC3(C)C. The molecular weight excluding hydrogens is 810 g/mol. The molecule has 4 saturated carbocycles. The van der Waals surface area contributed by atoms with Crippen LogP contribution in [0.2, 0.25) is 0 Å². The van der Waals surface area contributed by atoms with Crippen molar-refractivity contribution in [3.8, 4) is 44.8 Å². The number of aryl methyl sites for hydroxylation is 1. The van der Waals surface area contributed by atoms with Gasteiger partial charge in [-0.05, 0) is 184 Å². The lowest BCUT2D eigenvalue weighted by molar-refractivity contribution is -0.495. The molecule has 15 rings (SSSR count). The van der Waals surface area contributed by atoms with Gasteiger partial charge in [-0.2, -0.15) is 0 Å². The lowest BCUT2D eigenvalue weighted by Gasteiger charge is -2.43. The number of nitrogens with zero attached hydrogens (tertiary/aromatic N) is 1. The maximum Gasteiger partial charge on any atom is 0.563 e. The highest BCUT2D eigenvalue weighted by atomic mass is 16.4. The highest BCUT2D eigenvalue weighted by molar-refractivity contribution is 6.81. The fourth-order valence-electron chi connectivity index (χ4n) is 15.5. The van der Waals surface area contributed by atoms with Gasteiger partial charge in [0.2, 0.25) is 11.1 Å². The van der Waals surface area contributed by atoms with Gasteiger partial charge in [0.05, 0.1) is 11.1 Å². The molecule has 3 heterocycles. The summed E-state index contributed by atoms with van der Waals surface area (Å²) in [5.41, 5.74) is 25.0. The highest BCUT2D eigenvalue weighted by Gasteiger charge is 2.57. The summed E-state index contributed by atoms with van der Waals surface area (Å²) < 4.78 is 9.95. The van der Waals surface area contributed by atoms with Gasteiger partial charge in [-0.15, -0.1) is 0 Å². The van der Waals surface area contributed by atoms with E-state index in [4.69, 9.17) is 4.42 Å². The maximum absolute atomic E-state index is 7.30. The fraction of sp³-hybridized carbons (Fsp3) is 0.328. The summed E-state index contributed by atoms with van der Waals surface area (Å²) in [7, 11) is 0. The molecule has 0 spiro atoms. The van der Waals surface area contributed by atoms with Gasteiger partial charge in [-0.1, -0.05) is 161 Å². The molecule has 3 unspecified atom stereocenters. The molecule has 0 amide bonds. The Bertz CT molecular complexity index is 3320. The summed E-state index contributed by atoms with van der Waals surface area (Å²) in [4.78, 5) is 0. The second kappa shape index (κ2) is 14.3. The molecule has 4 bridgehead atoms. The zero-order valence-electron chi connectivity index (χ0n) is 40.0. The quantitative estimate of drug-likeness (QED) is 0.152. The Morgan fingerprint density at radius 3 is 1.99 bits per heavy atom. The number of para-hydroxylation sites is 1. The van der Waals surface area contributed by atoms with Crippen LogP contribution >= 0.6 is 0 Å². The smallest absolute Gasteiger partial charge is 0.399 e. The van der Waals surface area contributed by atoms with Crippen LogP contribution in [0, 0.1) is 24.7 Å². The average Bonchev–Trinajstić information content (AvgIpc) is 3.92. The molecular formula is C64H61BNO+. The van der Waals surface area contributed by atoms with Crippen molar-refractivity contribution in [1.82, 2.24) is 0 Å². The van der Waals surface area contributed by atoms with E-state index in [9.17, 15) is 0 Å². The van der Waals surface area contributed by atoms with Gasteiger partial charge in [0.25, 0.3) is 0 Å². The maximum atomic E-state index is 7.30. The summed E-state index contributed by atoms with van der Waals surface area (Å²) in [6.07, 6.45) is 11.5. The molecule has 330 valence electrons. The first-order valence-electron chi connectivity index (χ1n) is 25.7. The van der Waals surface area contributed by atoms with E-state index in [-0.39, 0.29) is 23.6 Å². The van der Waals surface area contributed by atoms with Crippen molar-refractivity contribution in [1.29, 1.82) is 0 Å². The first-order valence-corrected chi connectivity index (χ1v) is 25.7. The molecule has 4 fully saturated rings. The summed E-state index contributed by atoms with van der Waals surface area (Å²) in [6.45, 7) is 12.3. The van der Waals surface area contributed by atoms with Crippen LogP contribution in [0.15, 0.2) is 150 Å². The van der Waals surface area contributed by atoms with E-state index in [2.05, 4.69) is 185 Å². The van der Waals surface area contributed by atoms with Crippen LogP contribution in [0.3, 0.4) is 0 Å². The monoisotopic (exact) mass is 870 g/mol. The van der Waals surface area contributed by atoms with Crippen molar-refractivity contribution in [2.24, 2.45) is 17.8 Å². The van der Waals surface area contributed by atoms with Crippen molar-refractivity contribution in [3.63, 3.8) is 0 Å². The number of hydrogen-bond acceptors (Lipinski definition) is 1. The van der Waals surface area contributed by atoms with E-state index in [1.54, 1.807) is 11.1 Å². The van der Waals surface area contributed by atoms with Crippen LogP contribution in [0.5, 0.6) is 0 Å². The summed E-state index contributed by atoms with van der Waals surface area (Å²) in [6, 6.07) is 56.3. The third-order valence-corrected chi connectivity index (χ3v) is 18.6. The number of fused-ring (bicyclic) bond motifs is 5. The van der Waals surface area contributed by atoms with Crippen molar-refractivity contribution >= 4 is 28.9 Å². The summed E-state index contributed by atoms with van der Waals surface area (Å²) >= 11 is 0. The Balaban J connectivity index is 1.02. The van der Waals surface area contributed by atoms with Gasteiger partial charge in [0.15, 0.2) is 0 Å². The third kappa shape index (κ3) is 5.98. The number of rotatable bonds is 6. The van der Waals surface area contributed by atoms with Gasteiger partial charge in [0, 0.05) is 10.9 Å². The molecule has 2 nitrogen and oxygen atoms in total. The fourth-order valence-corrected chi connectivity index (χ4v) is 15.5. The second-order valence-electron chi connectivity index (χ2n) is 23.5. The Morgan fingerprint density at radius 2 is 1.27 bits per heavy atom. The minimum Gasteiger partial charge on any atom is -0.399 e. The molecule has 0 saturated heterocycles. The van der Waals surface area contributed by atoms with Crippen LogP contribution < -0.4 is 15.4 Å². The highest BCUT2D eigenvalue weighted by Crippen LogP contribution is 2.65. The van der Waals surface area contributed by atoms with E-state index in [0.29, 0.717) is 5.41 Å². The van der Waals surface area contributed by atoms with E-state index in [1.165, 1.54) is 123 Å². The molecule has 0 radical (unpaired) electrons. The predicted molar refractivity (Wildman–Crippen MR) is 277 cm³/mol. The van der Waals surface area contributed by atoms with E-state index >= 15 is 0 Å². The summed E-state index contributed by atoms with van der Waals surface area (Å²) in [5.74, 6) is 4.02. The Morgan fingerprint density at radius 1 is 0.612 bits per heavy atom. The zero-order valence-corrected chi connectivity index (χ0v) is 40.0. The normalized spacial score (nSPS) is 24.3. The van der Waals surface area contributed by atoms with Gasteiger partial charge in [-0.25, -0.2) is 4.48 Å². The summed E-state index contributed by atoms with van der Waals surface area (Å²) in [5, 5.41) is 0. The van der Waals surface area contributed by atoms with Gasteiger partial charge < -0.3 is 4.42 Å². The van der Waals surface area contributed by atoms with Crippen molar-refractivity contribution in [3.05, 3.63) is 185 Å². The standard InChI is InChI=1S/C64H61BNO/c1-39-27-45-32-44(31-43-23-24-48(33-52(43)42-17-10-7-11-18-42)64-36-40-29-46(37-64)47(30-40)38-64)53-34-55-56(63(4,5)26-25-62(55,2)3)35-57(53)65-59(45)54(28-39)50-21-14-22-58-60(50)66(65)61(67-58)51-20-13-12-19-49(51)41-15-8-6-9-16-41/h6-24,27-28,33-35,40,44,46-47H,25-26,29-32,36-38H2,1-5H3/q+1. The lowest BCUT2D eigenvalue weighted by Crippen LogP contribution is -2.69. The topological polar surface area (TPSA) is 17.0 Å². The molecule has 0 N–H and O–H groups in total. The van der Waals surface area contributed by atoms with E-state index in [0.717, 1.165) is 47.6 Å². The van der Waals surface area contributed by atoms with Crippen LogP contribution in [-0.4, -0.2) is 6.85 Å². The lowest BCUT2D eigenvalue weighted by atomic mass is 9.45. The van der Waals surface area contributed by atoms with E-state index in [1.807, 2.05) is 0 Å². The van der Waals surface area contributed by atoms with Gasteiger partial charge in [0.1, 0.15) is 0 Å². The number of hydrogen-bond donors (Lipinski definition) is 0. The van der Waals surface area contributed by atoms with Crippen LogP contribution in [0.25, 0.3) is 55.9 Å².